The summed E-state index contributed by atoms with van der Waals surface area (Å²) in [6.45, 7) is 5.83. The molecule has 1 N–H and O–H groups in total. The van der Waals surface area contributed by atoms with Gasteiger partial charge in [0.05, 0.1) is 10.6 Å². The highest BCUT2D eigenvalue weighted by atomic mass is 16.6. The summed E-state index contributed by atoms with van der Waals surface area (Å²) in [5, 5.41) is 31.7. The number of nitriles is 2. The Morgan fingerprint density at radius 1 is 1.35 bits per heavy atom. The van der Waals surface area contributed by atoms with Crippen LogP contribution in [0.1, 0.15) is 26.3 Å². The number of hydrazone groups is 1. The van der Waals surface area contributed by atoms with Crippen molar-refractivity contribution in [2.24, 2.45) is 5.10 Å². The van der Waals surface area contributed by atoms with Gasteiger partial charge in [-0.1, -0.05) is 20.8 Å². The minimum Gasteiger partial charge on any atom is -0.276 e. The Labute approximate surface area is 116 Å². The molecule has 1 rings (SSSR count). The van der Waals surface area contributed by atoms with Crippen LogP contribution in [0.15, 0.2) is 23.3 Å². The number of hydrogen-bond acceptors (Lipinski definition) is 6. The number of hydrogen-bond donors (Lipinski definition) is 1. The molecule has 7 nitrogen and oxygen atoms in total. The first kappa shape index (κ1) is 15.1. The van der Waals surface area contributed by atoms with Crippen molar-refractivity contribution in [1.29, 1.82) is 10.5 Å². The van der Waals surface area contributed by atoms with Gasteiger partial charge in [0, 0.05) is 12.1 Å². The Bertz CT molecular complexity index is 628. The van der Waals surface area contributed by atoms with E-state index in [1.165, 1.54) is 12.1 Å². The van der Waals surface area contributed by atoms with Gasteiger partial charge in [0.25, 0.3) is 5.69 Å². The standard InChI is InChI=1S/C13H13N5O2/c1-13(2,3)11-5-4-10(18(19)20)6-12(11)17-16-9(7-14)8-15/h4-6,17H,1-3H3. The Morgan fingerprint density at radius 2 is 1.95 bits per heavy atom. The lowest BCUT2D eigenvalue weighted by Gasteiger charge is -2.22. The third-order valence-electron chi connectivity index (χ3n) is 2.52. The van der Waals surface area contributed by atoms with E-state index in [1.54, 1.807) is 18.2 Å². The number of nitrogens with one attached hydrogen (secondary N) is 1. The van der Waals surface area contributed by atoms with Crippen molar-refractivity contribution in [1.82, 2.24) is 0 Å². The van der Waals surface area contributed by atoms with Gasteiger partial charge in [-0.2, -0.15) is 15.6 Å². The second-order valence-corrected chi connectivity index (χ2v) is 5.03. The Balaban J connectivity index is 3.31. The molecule has 102 valence electrons. The van der Waals surface area contributed by atoms with E-state index in [-0.39, 0.29) is 16.8 Å². The molecule has 0 unspecified atom stereocenters. The van der Waals surface area contributed by atoms with Gasteiger partial charge in [-0.25, -0.2) is 0 Å². The predicted octanol–water partition coefficient (Wildman–Crippen LogP) is 2.71. The lowest BCUT2D eigenvalue weighted by molar-refractivity contribution is -0.384. The van der Waals surface area contributed by atoms with Gasteiger partial charge in [0.2, 0.25) is 5.71 Å². The smallest absolute Gasteiger partial charge is 0.271 e. The maximum atomic E-state index is 10.8. The van der Waals surface area contributed by atoms with Crippen LogP contribution in [0.4, 0.5) is 11.4 Å². The van der Waals surface area contributed by atoms with Crippen molar-refractivity contribution in [3.63, 3.8) is 0 Å². The summed E-state index contributed by atoms with van der Waals surface area (Å²) in [6, 6.07) is 7.59. The molecular weight excluding hydrogens is 258 g/mol. The molecule has 0 amide bonds. The van der Waals surface area contributed by atoms with Crippen LogP contribution in [0.25, 0.3) is 0 Å². The summed E-state index contributed by atoms with van der Waals surface area (Å²) >= 11 is 0. The minimum atomic E-state index is -0.517. The molecule has 0 bridgehead atoms. The predicted molar refractivity (Wildman–Crippen MR) is 74.1 cm³/mol. The van der Waals surface area contributed by atoms with Gasteiger partial charge in [-0.15, -0.1) is 0 Å². The van der Waals surface area contributed by atoms with Crippen molar-refractivity contribution in [3.05, 3.63) is 33.9 Å². The molecule has 0 atom stereocenters. The van der Waals surface area contributed by atoms with Gasteiger partial charge in [-0.3, -0.25) is 15.5 Å². The number of nitrogens with zero attached hydrogens (tertiary/aromatic N) is 4. The summed E-state index contributed by atoms with van der Waals surface area (Å²) in [5.74, 6) is 0. The van der Waals surface area contributed by atoms with Crippen LogP contribution in [-0.2, 0) is 5.41 Å². The normalized spacial score (nSPS) is 10.1. The average molecular weight is 271 g/mol. The van der Waals surface area contributed by atoms with E-state index in [9.17, 15) is 10.1 Å². The molecule has 0 aliphatic heterocycles. The monoisotopic (exact) mass is 271 g/mol. The fraction of sp³-hybridized carbons (Fsp3) is 0.308. The largest absolute Gasteiger partial charge is 0.276 e. The first-order valence-corrected chi connectivity index (χ1v) is 5.72. The van der Waals surface area contributed by atoms with E-state index < -0.39 is 4.92 Å². The zero-order valence-corrected chi connectivity index (χ0v) is 11.3. The Kier molecular flexibility index (Phi) is 4.39. The van der Waals surface area contributed by atoms with Gasteiger partial charge in [-0.05, 0) is 17.0 Å². The summed E-state index contributed by atoms with van der Waals surface area (Å²) in [4.78, 5) is 10.3. The van der Waals surface area contributed by atoms with Crippen molar-refractivity contribution in [2.45, 2.75) is 26.2 Å². The van der Waals surface area contributed by atoms with E-state index in [1.807, 2.05) is 20.8 Å². The SMILES string of the molecule is CC(C)(C)c1ccc([N+](=O)[O-])cc1NN=C(C#N)C#N. The van der Waals surface area contributed by atoms with Crippen molar-refractivity contribution < 1.29 is 4.92 Å². The van der Waals surface area contributed by atoms with Crippen LogP contribution in [0.5, 0.6) is 0 Å². The number of benzene rings is 1. The first-order valence-electron chi connectivity index (χ1n) is 5.72. The van der Waals surface area contributed by atoms with Gasteiger partial charge >= 0.3 is 0 Å². The second-order valence-electron chi connectivity index (χ2n) is 5.03. The molecular formula is C13H13N5O2. The molecule has 0 fully saturated rings. The van der Waals surface area contributed by atoms with E-state index in [0.29, 0.717) is 5.69 Å². The van der Waals surface area contributed by atoms with Crippen LogP contribution in [0.3, 0.4) is 0 Å². The van der Waals surface area contributed by atoms with E-state index in [4.69, 9.17) is 10.5 Å². The molecule has 0 saturated heterocycles. The molecule has 0 spiro atoms. The number of nitro benzene ring substituents is 1. The fourth-order valence-corrected chi connectivity index (χ4v) is 1.58. The minimum absolute atomic E-state index is 0.0915. The number of rotatable bonds is 3. The molecule has 0 heterocycles. The topological polar surface area (TPSA) is 115 Å². The number of nitro groups is 1. The summed E-state index contributed by atoms with van der Waals surface area (Å²) in [7, 11) is 0. The average Bonchev–Trinajstić information content (AvgIpc) is 2.38. The highest BCUT2D eigenvalue weighted by Gasteiger charge is 2.20. The van der Waals surface area contributed by atoms with Gasteiger partial charge in [0.15, 0.2) is 0 Å². The quantitative estimate of drug-likeness (QED) is 0.515. The van der Waals surface area contributed by atoms with Crippen molar-refractivity contribution in [2.75, 3.05) is 5.43 Å². The first-order chi connectivity index (χ1) is 9.29. The lowest BCUT2D eigenvalue weighted by Crippen LogP contribution is -2.14. The third kappa shape index (κ3) is 3.53. The molecule has 0 radical (unpaired) electrons. The molecule has 7 heteroatoms. The second kappa shape index (κ2) is 5.81. The van der Waals surface area contributed by atoms with Crippen LogP contribution in [-0.4, -0.2) is 10.6 Å². The van der Waals surface area contributed by atoms with Crippen LogP contribution >= 0.6 is 0 Å². The van der Waals surface area contributed by atoms with Crippen LogP contribution in [0.2, 0.25) is 0 Å². The number of anilines is 1. The third-order valence-corrected chi connectivity index (χ3v) is 2.52. The highest BCUT2D eigenvalue weighted by molar-refractivity contribution is 6.10. The molecule has 1 aromatic rings. The fourth-order valence-electron chi connectivity index (χ4n) is 1.58. The van der Waals surface area contributed by atoms with Gasteiger partial charge in [0.1, 0.15) is 12.1 Å². The molecule has 0 aliphatic carbocycles. The van der Waals surface area contributed by atoms with E-state index in [0.717, 1.165) is 5.56 Å². The summed E-state index contributed by atoms with van der Waals surface area (Å²) in [6.07, 6.45) is 0. The zero-order valence-electron chi connectivity index (χ0n) is 11.3. The maximum Gasteiger partial charge on any atom is 0.271 e. The molecule has 0 saturated carbocycles. The number of non-ortho nitro benzene ring substituents is 1. The van der Waals surface area contributed by atoms with E-state index >= 15 is 0 Å². The van der Waals surface area contributed by atoms with Crippen LogP contribution < -0.4 is 5.43 Å². The molecule has 0 aromatic heterocycles. The zero-order chi connectivity index (χ0) is 15.3. The molecule has 1 aromatic carbocycles. The maximum absolute atomic E-state index is 10.8. The Hall–Kier alpha value is -2.93. The molecule has 0 aliphatic rings. The van der Waals surface area contributed by atoms with Gasteiger partial charge < -0.3 is 0 Å². The highest BCUT2D eigenvalue weighted by Crippen LogP contribution is 2.32. The van der Waals surface area contributed by atoms with Crippen molar-refractivity contribution >= 4 is 17.1 Å². The Morgan fingerprint density at radius 3 is 2.40 bits per heavy atom. The summed E-state index contributed by atoms with van der Waals surface area (Å²) < 4.78 is 0. The summed E-state index contributed by atoms with van der Waals surface area (Å²) in [5.41, 5.74) is 3.03. The molecule has 20 heavy (non-hydrogen) atoms. The van der Waals surface area contributed by atoms with E-state index in [2.05, 4.69) is 10.5 Å². The van der Waals surface area contributed by atoms with Crippen LogP contribution in [0, 0.1) is 32.8 Å². The lowest BCUT2D eigenvalue weighted by atomic mass is 9.85. The van der Waals surface area contributed by atoms with Crippen molar-refractivity contribution in [3.8, 4) is 12.1 Å².